The number of piperazine rings is 1. The van der Waals surface area contributed by atoms with Gasteiger partial charge in [-0.1, -0.05) is 24.3 Å². The van der Waals surface area contributed by atoms with E-state index in [-0.39, 0.29) is 12.2 Å². The van der Waals surface area contributed by atoms with Crippen LogP contribution in [0.5, 0.6) is 0 Å². The van der Waals surface area contributed by atoms with Crippen molar-refractivity contribution in [1.82, 2.24) is 24.6 Å². The van der Waals surface area contributed by atoms with Crippen molar-refractivity contribution in [2.75, 3.05) is 64.4 Å². The largest absolute Gasteiger partial charge is 0.379 e. The van der Waals surface area contributed by atoms with Gasteiger partial charge in [0.05, 0.1) is 31.5 Å². The SMILES string of the molecule is CN1CCN(c2cccc(C(=O)Cc3cc4cc(-c5cnn(C)c5CN5CCOCC5)ccc4cn3)c2)CC1. The number of pyridine rings is 1. The van der Waals surface area contributed by atoms with E-state index in [9.17, 15) is 4.79 Å². The average Bonchev–Trinajstić information content (AvgIpc) is 3.33. The van der Waals surface area contributed by atoms with Crippen molar-refractivity contribution >= 4 is 22.2 Å². The number of fused-ring (bicyclic) bond motifs is 1. The fraction of sp³-hybridized carbons (Fsp3) is 0.387. The molecule has 2 aromatic carbocycles. The van der Waals surface area contributed by atoms with Gasteiger partial charge in [-0.05, 0) is 42.3 Å². The normalized spacial score (nSPS) is 17.1. The van der Waals surface area contributed by atoms with E-state index in [0.717, 1.165) is 97.9 Å². The lowest BCUT2D eigenvalue weighted by atomic mass is 10.0. The Bertz CT molecular complexity index is 1470. The first kappa shape index (κ1) is 25.7. The van der Waals surface area contributed by atoms with Gasteiger partial charge in [0.25, 0.3) is 0 Å². The van der Waals surface area contributed by atoms with Crippen LogP contribution >= 0.6 is 0 Å². The number of rotatable bonds is 7. The average molecular weight is 525 g/mol. The predicted molar refractivity (Wildman–Crippen MR) is 154 cm³/mol. The number of aryl methyl sites for hydroxylation is 1. The Morgan fingerprint density at radius 3 is 2.54 bits per heavy atom. The lowest BCUT2D eigenvalue weighted by Gasteiger charge is -2.34. The summed E-state index contributed by atoms with van der Waals surface area (Å²) in [6.07, 6.45) is 4.11. The molecule has 0 atom stereocenters. The number of morpholine rings is 1. The van der Waals surface area contributed by atoms with Crippen LogP contribution in [0.1, 0.15) is 21.7 Å². The number of benzene rings is 2. The number of Topliss-reactive ketones (excluding diaryl/α,β-unsaturated/α-hetero) is 1. The molecule has 4 heterocycles. The zero-order valence-electron chi connectivity index (χ0n) is 22.8. The number of ether oxygens (including phenoxy) is 1. The minimum absolute atomic E-state index is 0.0917. The number of nitrogens with zero attached hydrogens (tertiary/aromatic N) is 6. The van der Waals surface area contributed by atoms with Crippen LogP contribution in [0.3, 0.4) is 0 Å². The number of hydrogen-bond acceptors (Lipinski definition) is 7. The van der Waals surface area contributed by atoms with Crippen LogP contribution in [0, 0.1) is 0 Å². The van der Waals surface area contributed by atoms with Crippen LogP contribution in [-0.4, -0.2) is 89.9 Å². The first-order valence-electron chi connectivity index (χ1n) is 13.8. The Morgan fingerprint density at radius 2 is 1.72 bits per heavy atom. The molecular weight excluding hydrogens is 488 g/mol. The fourth-order valence-corrected chi connectivity index (χ4v) is 5.52. The van der Waals surface area contributed by atoms with E-state index in [1.165, 1.54) is 5.69 Å². The Morgan fingerprint density at radius 1 is 0.897 bits per heavy atom. The molecule has 2 saturated heterocycles. The van der Waals surface area contributed by atoms with E-state index in [0.29, 0.717) is 0 Å². The highest BCUT2D eigenvalue weighted by molar-refractivity contribution is 5.98. The summed E-state index contributed by atoms with van der Waals surface area (Å²) in [4.78, 5) is 25.0. The summed E-state index contributed by atoms with van der Waals surface area (Å²) < 4.78 is 7.49. The molecule has 6 rings (SSSR count). The number of carbonyl (C=O) groups excluding carboxylic acids is 1. The molecule has 0 radical (unpaired) electrons. The summed E-state index contributed by atoms with van der Waals surface area (Å²) in [5.41, 5.74) is 6.11. The molecule has 8 nitrogen and oxygen atoms in total. The van der Waals surface area contributed by atoms with Gasteiger partial charge in [-0.15, -0.1) is 0 Å². The van der Waals surface area contributed by atoms with Gasteiger partial charge in [0.1, 0.15) is 0 Å². The fourth-order valence-electron chi connectivity index (χ4n) is 5.52. The molecule has 4 aromatic rings. The molecule has 0 N–H and O–H groups in total. The molecule has 0 bridgehead atoms. The summed E-state index contributed by atoms with van der Waals surface area (Å²) >= 11 is 0. The summed E-state index contributed by atoms with van der Waals surface area (Å²) in [6.45, 7) is 8.30. The molecule has 0 spiro atoms. The molecule has 0 amide bonds. The van der Waals surface area contributed by atoms with Crippen LogP contribution < -0.4 is 4.90 Å². The summed E-state index contributed by atoms with van der Waals surface area (Å²) in [7, 11) is 4.16. The predicted octanol–water partition coefficient (Wildman–Crippen LogP) is 3.64. The number of hydrogen-bond donors (Lipinski definition) is 0. The van der Waals surface area contributed by atoms with Crippen molar-refractivity contribution in [1.29, 1.82) is 0 Å². The number of likely N-dealkylation sites (N-methyl/N-ethyl adjacent to an activating group) is 1. The van der Waals surface area contributed by atoms with E-state index < -0.39 is 0 Å². The maximum atomic E-state index is 13.3. The third-order valence-corrected chi connectivity index (χ3v) is 8.01. The zero-order valence-corrected chi connectivity index (χ0v) is 22.8. The Kier molecular flexibility index (Phi) is 7.41. The Labute approximate surface area is 229 Å². The minimum Gasteiger partial charge on any atom is -0.379 e. The first-order chi connectivity index (χ1) is 19.0. The van der Waals surface area contributed by atoms with Crippen LogP contribution in [0.25, 0.3) is 21.9 Å². The molecular formula is C31H36N6O2. The molecule has 0 unspecified atom stereocenters. The Balaban J connectivity index is 1.21. The molecule has 2 fully saturated rings. The van der Waals surface area contributed by atoms with Crippen molar-refractivity contribution in [2.24, 2.45) is 7.05 Å². The van der Waals surface area contributed by atoms with E-state index in [1.54, 1.807) is 0 Å². The van der Waals surface area contributed by atoms with Crippen molar-refractivity contribution in [3.05, 3.63) is 77.9 Å². The molecule has 8 heteroatoms. The van der Waals surface area contributed by atoms with Gasteiger partial charge in [0.2, 0.25) is 0 Å². The van der Waals surface area contributed by atoms with Crippen molar-refractivity contribution in [3.8, 4) is 11.1 Å². The van der Waals surface area contributed by atoms with Crippen LogP contribution in [0.2, 0.25) is 0 Å². The van der Waals surface area contributed by atoms with Gasteiger partial charge >= 0.3 is 0 Å². The number of anilines is 1. The second kappa shape index (κ2) is 11.3. The highest BCUT2D eigenvalue weighted by Gasteiger charge is 2.18. The van der Waals surface area contributed by atoms with Crippen molar-refractivity contribution in [2.45, 2.75) is 13.0 Å². The van der Waals surface area contributed by atoms with E-state index in [1.807, 2.05) is 42.3 Å². The highest BCUT2D eigenvalue weighted by Crippen LogP contribution is 2.28. The second-order valence-electron chi connectivity index (χ2n) is 10.7. The molecule has 2 aliphatic heterocycles. The first-order valence-corrected chi connectivity index (χ1v) is 13.8. The second-order valence-corrected chi connectivity index (χ2v) is 10.7. The third-order valence-electron chi connectivity index (χ3n) is 8.01. The van der Waals surface area contributed by atoms with Gasteiger partial charge in [-0.25, -0.2) is 0 Å². The lowest BCUT2D eigenvalue weighted by Crippen LogP contribution is -2.44. The third kappa shape index (κ3) is 5.73. The van der Waals surface area contributed by atoms with Gasteiger partial charge in [0.15, 0.2) is 5.78 Å². The van der Waals surface area contributed by atoms with E-state index in [2.05, 4.69) is 62.2 Å². The molecule has 2 aliphatic rings. The molecule has 39 heavy (non-hydrogen) atoms. The topological polar surface area (TPSA) is 66.7 Å². The summed E-state index contributed by atoms with van der Waals surface area (Å²) in [5, 5.41) is 6.71. The summed E-state index contributed by atoms with van der Waals surface area (Å²) in [5.74, 6) is 0.0917. The van der Waals surface area contributed by atoms with Crippen LogP contribution in [-0.2, 0) is 24.8 Å². The quantitative estimate of drug-likeness (QED) is 0.342. The van der Waals surface area contributed by atoms with E-state index in [4.69, 9.17) is 4.74 Å². The number of aromatic nitrogens is 3. The lowest BCUT2D eigenvalue weighted by molar-refractivity contribution is 0.0332. The zero-order chi connectivity index (χ0) is 26.8. The summed E-state index contributed by atoms with van der Waals surface area (Å²) in [6, 6.07) is 16.5. The smallest absolute Gasteiger partial charge is 0.168 e. The highest BCUT2D eigenvalue weighted by atomic mass is 16.5. The number of ketones is 1. The van der Waals surface area contributed by atoms with Gasteiger partial charge in [-0.3, -0.25) is 19.4 Å². The Hall–Kier alpha value is -3.59. The van der Waals surface area contributed by atoms with Gasteiger partial charge < -0.3 is 14.5 Å². The van der Waals surface area contributed by atoms with Crippen LogP contribution in [0.4, 0.5) is 5.69 Å². The number of carbonyl (C=O) groups is 1. The molecule has 202 valence electrons. The maximum Gasteiger partial charge on any atom is 0.168 e. The monoisotopic (exact) mass is 524 g/mol. The van der Waals surface area contributed by atoms with Gasteiger partial charge in [-0.2, -0.15) is 5.10 Å². The van der Waals surface area contributed by atoms with E-state index >= 15 is 0 Å². The minimum atomic E-state index is 0.0917. The van der Waals surface area contributed by atoms with Gasteiger partial charge in [0, 0.05) is 87.0 Å². The molecule has 0 aliphatic carbocycles. The van der Waals surface area contributed by atoms with Crippen molar-refractivity contribution in [3.63, 3.8) is 0 Å². The van der Waals surface area contributed by atoms with Crippen molar-refractivity contribution < 1.29 is 9.53 Å². The molecule has 2 aromatic heterocycles. The van der Waals surface area contributed by atoms with Crippen LogP contribution in [0.15, 0.2) is 60.9 Å². The maximum absolute atomic E-state index is 13.3. The molecule has 0 saturated carbocycles. The standard InChI is InChI=1S/C31H36N6O2/c1-34-8-10-37(11-9-34)28-5-3-4-24(18-28)31(38)19-27-17-26-16-23(6-7-25(26)20-32-27)29-21-33-35(2)30(29)22-36-12-14-39-15-13-36/h3-7,16-18,20-21H,8-15,19,22H2,1-2H3.